The van der Waals surface area contributed by atoms with Crippen LogP contribution in [0.5, 0.6) is 0 Å². The number of rotatable bonds is 6. The van der Waals surface area contributed by atoms with Crippen molar-refractivity contribution in [2.24, 2.45) is 5.41 Å². The van der Waals surface area contributed by atoms with E-state index in [1.54, 1.807) is 17.2 Å². The van der Waals surface area contributed by atoms with Gasteiger partial charge in [-0.25, -0.2) is 0 Å². The number of hydrogen-bond donors (Lipinski definition) is 0. The van der Waals surface area contributed by atoms with Crippen LogP contribution in [0.3, 0.4) is 0 Å². The second-order valence-corrected chi connectivity index (χ2v) is 10.6. The molecule has 0 spiro atoms. The number of nitrogens with zero attached hydrogens (tertiary/aromatic N) is 2. The quantitative estimate of drug-likeness (QED) is 0.376. The summed E-state index contributed by atoms with van der Waals surface area (Å²) in [6, 6.07) is 16.8. The number of amides is 1. The molecule has 3 aromatic rings. The number of fused-ring (bicyclic) bond motifs is 1. The molecule has 1 fully saturated rings. The van der Waals surface area contributed by atoms with Gasteiger partial charge in [0.15, 0.2) is 5.72 Å². The molecule has 0 N–H and O–H groups in total. The van der Waals surface area contributed by atoms with E-state index in [1.807, 2.05) is 48.5 Å². The smallest absolute Gasteiger partial charge is 0.257 e. The first-order valence-electron chi connectivity index (χ1n) is 10.5. The Labute approximate surface area is 210 Å². The van der Waals surface area contributed by atoms with Gasteiger partial charge in [-0.05, 0) is 36.4 Å². The summed E-state index contributed by atoms with van der Waals surface area (Å²) < 4.78 is 13.0. The summed E-state index contributed by atoms with van der Waals surface area (Å²) in [6.45, 7) is 4.02. The number of carbonyl (C=O) groups excluding carboxylic acids is 1. The van der Waals surface area contributed by atoms with Gasteiger partial charge in [0.25, 0.3) is 5.91 Å². The van der Waals surface area contributed by atoms with Crippen molar-refractivity contribution < 1.29 is 14.3 Å². The third-order valence-corrected chi connectivity index (χ3v) is 7.05. The lowest BCUT2D eigenvalue weighted by molar-refractivity contribution is -0.192. The predicted octanol–water partition coefficient (Wildman–Crippen LogP) is 6.06. The summed E-state index contributed by atoms with van der Waals surface area (Å²) in [5.74, 6) is -0.131. The fourth-order valence-corrected chi connectivity index (χ4v) is 4.91. The Morgan fingerprint density at radius 3 is 2.45 bits per heavy atom. The average molecular weight is 548 g/mol. The first-order valence-corrected chi connectivity index (χ1v) is 12.1. The van der Waals surface area contributed by atoms with Gasteiger partial charge in [-0.2, -0.15) is 0 Å². The van der Waals surface area contributed by atoms with Crippen molar-refractivity contribution in [3.8, 4) is 0 Å². The topological polar surface area (TPSA) is 51.7 Å². The van der Waals surface area contributed by atoms with Gasteiger partial charge >= 0.3 is 0 Å². The van der Waals surface area contributed by atoms with Crippen molar-refractivity contribution in [2.75, 3.05) is 19.8 Å². The van der Waals surface area contributed by atoms with E-state index in [-0.39, 0.29) is 17.9 Å². The van der Waals surface area contributed by atoms with Gasteiger partial charge in [0.1, 0.15) is 0 Å². The van der Waals surface area contributed by atoms with Gasteiger partial charge in [-0.3, -0.25) is 14.7 Å². The fraction of sp³-hybridized carbons (Fsp3) is 0.280. The molecule has 0 saturated carbocycles. The van der Waals surface area contributed by atoms with Crippen molar-refractivity contribution in [3.63, 3.8) is 0 Å². The summed E-state index contributed by atoms with van der Waals surface area (Å²) in [4.78, 5) is 20.0. The lowest BCUT2D eigenvalue weighted by atomic mass is 9.88. The fourth-order valence-electron chi connectivity index (χ4n) is 4.31. The van der Waals surface area contributed by atoms with Crippen LogP contribution in [0.4, 0.5) is 0 Å². The summed E-state index contributed by atoms with van der Waals surface area (Å²) >= 11 is 15.8. The minimum Gasteiger partial charge on any atom is -0.380 e. The molecule has 8 heteroatoms. The molecule has 2 aliphatic rings. The Bertz CT molecular complexity index is 1200. The lowest BCUT2D eigenvalue weighted by Crippen LogP contribution is -2.51. The number of ether oxygens (including phenoxy) is 2. The van der Waals surface area contributed by atoms with Crippen molar-refractivity contribution >= 4 is 45.0 Å². The first-order chi connectivity index (χ1) is 15.8. The van der Waals surface area contributed by atoms with Crippen molar-refractivity contribution in [1.29, 1.82) is 0 Å². The SMILES string of the molecule is CC1(COC2(c3ccc(Cl)cc3)c3ccc(Br)cc3C(=O)N2Cc2ccc(Cl)cn2)COC1. The number of benzene rings is 2. The highest BCUT2D eigenvalue weighted by atomic mass is 79.9. The van der Waals surface area contributed by atoms with E-state index < -0.39 is 5.72 Å². The molecule has 33 heavy (non-hydrogen) atoms. The first kappa shape index (κ1) is 22.8. The van der Waals surface area contributed by atoms with Crippen LogP contribution in [0, 0.1) is 5.41 Å². The lowest BCUT2D eigenvalue weighted by Gasteiger charge is -2.44. The Balaban J connectivity index is 1.67. The van der Waals surface area contributed by atoms with E-state index in [1.165, 1.54) is 0 Å². The van der Waals surface area contributed by atoms with Gasteiger partial charge in [0, 0.05) is 37.8 Å². The summed E-state index contributed by atoms with van der Waals surface area (Å²) in [5.41, 5.74) is 1.64. The monoisotopic (exact) mass is 546 g/mol. The van der Waals surface area contributed by atoms with Crippen molar-refractivity contribution in [3.05, 3.63) is 97.7 Å². The van der Waals surface area contributed by atoms with E-state index in [9.17, 15) is 4.79 Å². The zero-order valence-corrected chi connectivity index (χ0v) is 21.0. The second kappa shape index (κ2) is 8.67. The van der Waals surface area contributed by atoms with Crippen LogP contribution >= 0.6 is 39.1 Å². The Hall–Kier alpha value is -1.96. The molecule has 0 radical (unpaired) electrons. The van der Waals surface area contributed by atoms with E-state index >= 15 is 0 Å². The molecule has 0 aliphatic carbocycles. The molecule has 1 aromatic heterocycles. The number of aromatic nitrogens is 1. The van der Waals surface area contributed by atoms with Crippen LogP contribution in [-0.4, -0.2) is 35.6 Å². The average Bonchev–Trinajstić information content (AvgIpc) is 3.01. The van der Waals surface area contributed by atoms with Gasteiger partial charge < -0.3 is 9.47 Å². The maximum Gasteiger partial charge on any atom is 0.257 e. The van der Waals surface area contributed by atoms with Gasteiger partial charge in [0.2, 0.25) is 0 Å². The number of hydrogen-bond acceptors (Lipinski definition) is 4. The third kappa shape index (κ3) is 4.08. The number of pyridine rings is 1. The van der Waals surface area contributed by atoms with Crippen LogP contribution in [0.25, 0.3) is 0 Å². The molecule has 1 unspecified atom stereocenters. The summed E-state index contributed by atoms with van der Waals surface area (Å²) in [7, 11) is 0. The largest absolute Gasteiger partial charge is 0.380 e. The van der Waals surface area contributed by atoms with Crippen LogP contribution in [0.1, 0.15) is 34.1 Å². The molecule has 1 saturated heterocycles. The van der Waals surface area contributed by atoms with Crippen LogP contribution < -0.4 is 0 Å². The van der Waals surface area contributed by atoms with Crippen LogP contribution in [0.15, 0.2) is 65.3 Å². The highest BCUT2D eigenvalue weighted by molar-refractivity contribution is 9.10. The Morgan fingerprint density at radius 1 is 1.09 bits per heavy atom. The van der Waals surface area contributed by atoms with Crippen LogP contribution in [0.2, 0.25) is 10.0 Å². The standard InChI is InChI=1S/C25H21BrCl2N2O3/c1-24(13-32-14-24)15-33-25(16-2-5-18(27)6-3-16)22-9-4-17(26)10-21(22)23(31)30(25)12-20-8-7-19(28)11-29-20/h2-11H,12-15H2,1H3. The van der Waals surface area contributed by atoms with E-state index in [0.29, 0.717) is 41.1 Å². The molecular weight excluding hydrogens is 527 g/mol. The second-order valence-electron chi connectivity index (χ2n) is 8.79. The zero-order valence-electron chi connectivity index (χ0n) is 17.9. The zero-order chi connectivity index (χ0) is 23.2. The van der Waals surface area contributed by atoms with E-state index in [0.717, 1.165) is 15.6 Å². The minimum absolute atomic E-state index is 0.120. The van der Waals surface area contributed by atoms with Gasteiger partial charge in [-0.1, -0.05) is 64.3 Å². The number of carbonyl (C=O) groups is 1. The van der Waals surface area contributed by atoms with Crippen LogP contribution in [-0.2, 0) is 21.7 Å². The Kier molecular flexibility index (Phi) is 6.00. The molecule has 1 amide bonds. The predicted molar refractivity (Wildman–Crippen MR) is 130 cm³/mol. The number of halogens is 3. The van der Waals surface area contributed by atoms with E-state index in [4.69, 9.17) is 32.7 Å². The molecule has 5 nitrogen and oxygen atoms in total. The van der Waals surface area contributed by atoms with Crippen molar-refractivity contribution in [1.82, 2.24) is 9.88 Å². The molecule has 2 aromatic carbocycles. The molecular formula is C25H21BrCl2N2O3. The third-order valence-electron chi connectivity index (χ3n) is 6.08. The molecule has 5 rings (SSSR count). The summed E-state index contributed by atoms with van der Waals surface area (Å²) in [5, 5.41) is 1.15. The highest BCUT2D eigenvalue weighted by Gasteiger charge is 2.53. The van der Waals surface area contributed by atoms with Gasteiger partial charge in [-0.15, -0.1) is 0 Å². The normalized spacial score (nSPS) is 21.1. The maximum atomic E-state index is 13.8. The summed E-state index contributed by atoms with van der Waals surface area (Å²) in [6.07, 6.45) is 1.58. The van der Waals surface area contributed by atoms with Gasteiger partial charge in [0.05, 0.1) is 37.1 Å². The van der Waals surface area contributed by atoms with Crippen molar-refractivity contribution in [2.45, 2.75) is 19.2 Å². The molecule has 1 atom stereocenters. The van der Waals surface area contributed by atoms with E-state index in [2.05, 4.69) is 27.8 Å². The maximum absolute atomic E-state index is 13.8. The molecule has 2 aliphatic heterocycles. The minimum atomic E-state index is -1.14. The Morgan fingerprint density at radius 2 is 1.82 bits per heavy atom. The molecule has 170 valence electrons. The molecule has 3 heterocycles. The highest BCUT2D eigenvalue weighted by Crippen LogP contribution is 2.48. The molecule has 0 bridgehead atoms.